The predicted molar refractivity (Wildman–Crippen MR) is 73.9 cm³/mol. The van der Waals surface area contributed by atoms with E-state index in [4.69, 9.17) is 4.42 Å². The van der Waals surface area contributed by atoms with Crippen LogP contribution in [-0.2, 0) is 6.54 Å². The Labute approximate surface area is 117 Å². The SMILES string of the molecule is CCN(Cc1ccco1)c1nnc(C)c(C)c1C(=O)O. The van der Waals surface area contributed by atoms with Crippen molar-refractivity contribution in [1.82, 2.24) is 10.2 Å². The molecule has 0 aliphatic rings. The van der Waals surface area contributed by atoms with E-state index in [1.54, 1.807) is 26.2 Å². The van der Waals surface area contributed by atoms with Crippen molar-refractivity contribution in [2.24, 2.45) is 0 Å². The molecule has 0 aromatic carbocycles. The quantitative estimate of drug-likeness (QED) is 0.902. The fourth-order valence-corrected chi connectivity index (χ4v) is 2.00. The Hall–Kier alpha value is -2.37. The molecule has 2 heterocycles. The van der Waals surface area contributed by atoms with Gasteiger partial charge < -0.3 is 14.4 Å². The van der Waals surface area contributed by atoms with Crippen LogP contribution in [0, 0.1) is 13.8 Å². The monoisotopic (exact) mass is 275 g/mol. The van der Waals surface area contributed by atoms with E-state index in [1.807, 2.05) is 17.9 Å². The smallest absolute Gasteiger partial charge is 0.339 e. The molecule has 2 aromatic rings. The van der Waals surface area contributed by atoms with E-state index in [9.17, 15) is 9.90 Å². The average Bonchev–Trinajstić information content (AvgIpc) is 2.91. The zero-order chi connectivity index (χ0) is 14.7. The van der Waals surface area contributed by atoms with Crippen molar-refractivity contribution in [3.05, 3.63) is 41.0 Å². The third-order valence-corrected chi connectivity index (χ3v) is 3.26. The van der Waals surface area contributed by atoms with Crippen molar-refractivity contribution in [1.29, 1.82) is 0 Å². The molecule has 0 spiro atoms. The molecule has 0 aliphatic carbocycles. The number of carbonyl (C=O) groups is 1. The highest BCUT2D eigenvalue weighted by Crippen LogP contribution is 2.23. The van der Waals surface area contributed by atoms with Crippen LogP contribution in [0.15, 0.2) is 22.8 Å². The van der Waals surface area contributed by atoms with Crippen LogP contribution in [-0.4, -0.2) is 27.8 Å². The zero-order valence-electron chi connectivity index (χ0n) is 11.8. The lowest BCUT2D eigenvalue weighted by atomic mass is 10.1. The number of hydrogen-bond acceptors (Lipinski definition) is 5. The van der Waals surface area contributed by atoms with Gasteiger partial charge in [-0.1, -0.05) is 0 Å². The summed E-state index contributed by atoms with van der Waals surface area (Å²) in [6.07, 6.45) is 1.59. The third-order valence-electron chi connectivity index (χ3n) is 3.26. The van der Waals surface area contributed by atoms with Crippen LogP contribution < -0.4 is 4.90 Å². The molecule has 106 valence electrons. The number of aromatic carboxylic acids is 1. The van der Waals surface area contributed by atoms with E-state index < -0.39 is 5.97 Å². The van der Waals surface area contributed by atoms with Gasteiger partial charge in [0, 0.05) is 6.54 Å². The van der Waals surface area contributed by atoms with Gasteiger partial charge in [-0.15, -0.1) is 5.10 Å². The first-order chi connectivity index (χ1) is 9.54. The van der Waals surface area contributed by atoms with Crippen LogP contribution >= 0.6 is 0 Å². The second-order valence-electron chi connectivity index (χ2n) is 4.51. The first-order valence-electron chi connectivity index (χ1n) is 6.39. The average molecular weight is 275 g/mol. The molecule has 0 fully saturated rings. The van der Waals surface area contributed by atoms with Gasteiger partial charge in [-0.3, -0.25) is 0 Å². The summed E-state index contributed by atoms with van der Waals surface area (Å²) in [5.41, 5.74) is 1.46. The maximum atomic E-state index is 11.5. The van der Waals surface area contributed by atoms with Gasteiger partial charge in [0.05, 0.1) is 18.5 Å². The molecule has 1 N–H and O–H groups in total. The van der Waals surface area contributed by atoms with Crippen molar-refractivity contribution in [2.75, 3.05) is 11.4 Å². The zero-order valence-corrected chi connectivity index (χ0v) is 11.8. The van der Waals surface area contributed by atoms with Gasteiger partial charge in [0.15, 0.2) is 5.82 Å². The van der Waals surface area contributed by atoms with Crippen LogP contribution in [0.4, 0.5) is 5.82 Å². The molecule has 0 aliphatic heterocycles. The summed E-state index contributed by atoms with van der Waals surface area (Å²) < 4.78 is 5.30. The number of aryl methyl sites for hydroxylation is 1. The number of nitrogens with zero attached hydrogens (tertiary/aromatic N) is 3. The third kappa shape index (κ3) is 2.64. The van der Waals surface area contributed by atoms with Crippen molar-refractivity contribution in [3.8, 4) is 0 Å². The summed E-state index contributed by atoms with van der Waals surface area (Å²) in [7, 11) is 0. The normalized spacial score (nSPS) is 10.6. The predicted octanol–water partition coefficient (Wildman–Crippen LogP) is 2.41. The highest BCUT2D eigenvalue weighted by molar-refractivity contribution is 5.95. The molecule has 0 radical (unpaired) electrons. The number of anilines is 1. The Morgan fingerprint density at radius 1 is 1.40 bits per heavy atom. The van der Waals surface area contributed by atoms with Gasteiger partial charge in [0.1, 0.15) is 11.3 Å². The van der Waals surface area contributed by atoms with Crippen LogP contribution in [0.5, 0.6) is 0 Å². The molecule has 6 heteroatoms. The first kappa shape index (κ1) is 14.0. The molecule has 6 nitrogen and oxygen atoms in total. The van der Waals surface area contributed by atoms with E-state index in [2.05, 4.69) is 10.2 Å². The van der Waals surface area contributed by atoms with Crippen molar-refractivity contribution < 1.29 is 14.3 Å². The van der Waals surface area contributed by atoms with Gasteiger partial charge in [0.25, 0.3) is 0 Å². The summed E-state index contributed by atoms with van der Waals surface area (Å²) in [4.78, 5) is 13.3. The van der Waals surface area contributed by atoms with E-state index in [0.717, 1.165) is 5.76 Å². The second-order valence-corrected chi connectivity index (χ2v) is 4.51. The molecule has 0 bridgehead atoms. The van der Waals surface area contributed by atoms with E-state index in [1.165, 1.54) is 0 Å². The Morgan fingerprint density at radius 2 is 2.15 bits per heavy atom. The number of aromatic nitrogens is 2. The molecule has 0 unspecified atom stereocenters. The number of carboxylic acid groups (broad SMARTS) is 1. The molecule has 0 saturated heterocycles. The Bertz CT molecular complexity index is 608. The van der Waals surface area contributed by atoms with Crippen LogP contribution in [0.1, 0.15) is 34.3 Å². The number of hydrogen-bond donors (Lipinski definition) is 1. The van der Waals surface area contributed by atoms with E-state index in [0.29, 0.717) is 30.2 Å². The summed E-state index contributed by atoms with van der Waals surface area (Å²) in [5.74, 6) is 0.135. The summed E-state index contributed by atoms with van der Waals surface area (Å²) in [6.45, 7) is 6.50. The first-order valence-corrected chi connectivity index (χ1v) is 6.39. The number of rotatable bonds is 5. The highest BCUT2D eigenvalue weighted by atomic mass is 16.4. The molecular formula is C14H17N3O3. The van der Waals surface area contributed by atoms with E-state index >= 15 is 0 Å². The number of carboxylic acids is 1. The van der Waals surface area contributed by atoms with E-state index in [-0.39, 0.29) is 5.56 Å². The lowest BCUT2D eigenvalue weighted by molar-refractivity contribution is 0.0696. The van der Waals surface area contributed by atoms with Gasteiger partial charge in [-0.05, 0) is 38.5 Å². The topological polar surface area (TPSA) is 79.5 Å². The van der Waals surface area contributed by atoms with Crippen LogP contribution in [0.3, 0.4) is 0 Å². The maximum absolute atomic E-state index is 11.5. The second kappa shape index (κ2) is 5.73. The fraction of sp³-hybridized carbons (Fsp3) is 0.357. The summed E-state index contributed by atoms with van der Waals surface area (Å²) >= 11 is 0. The van der Waals surface area contributed by atoms with Gasteiger partial charge in [0.2, 0.25) is 0 Å². The Balaban J connectivity index is 2.44. The molecular weight excluding hydrogens is 258 g/mol. The maximum Gasteiger partial charge on any atom is 0.339 e. The molecule has 0 amide bonds. The largest absolute Gasteiger partial charge is 0.478 e. The number of furan rings is 1. The van der Waals surface area contributed by atoms with Gasteiger partial charge in [-0.25, -0.2) is 4.79 Å². The Kier molecular flexibility index (Phi) is 4.02. The molecule has 20 heavy (non-hydrogen) atoms. The Morgan fingerprint density at radius 3 is 2.70 bits per heavy atom. The van der Waals surface area contributed by atoms with Crippen LogP contribution in [0.25, 0.3) is 0 Å². The van der Waals surface area contributed by atoms with Gasteiger partial charge in [-0.2, -0.15) is 5.10 Å². The standard InChI is InChI=1S/C14H17N3O3/c1-4-17(8-11-6-5-7-20-11)13-12(14(18)19)9(2)10(3)15-16-13/h5-7H,4,8H2,1-3H3,(H,18,19). The van der Waals surface area contributed by atoms with Crippen molar-refractivity contribution >= 4 is 11.8 Å². The summed E-state index contributed by atoms with van der Waals surface area (Å²) in [6, 6.07) is 3.64. The van der Waals surface area contributed by atoms with Crippen LogP contribution in [0.2, 0.25) is 0 Å². The molecule has 0 atom stereocenters. The minimum atomic E-state index is -0.992. The van der Waals surface area contributed by atoms with Crippen molar-refractivity contribution in [3.63, 3.8) is 0 Å². The fourth-order valence-electron chi connectivity index (χ4n) is 2.00. The molecule has 0 saturated carbocycles. The van der Waals surface area contributed by atoms with Crippen molar-refractivity contribution in [2.45, 2.75) is 27.3 Å². The van der Waals surface area contributed by atoms with Gasteiger partial charge >= 0.3 is 5.97 Å². The molecule has 2 aromatic heterocycles. The lowest BCUT2D eigenvalue weighted by Gasteiger charge is -2.22. The minimum Gasteiger partial charge on any atom is -0.478 e. The molecule has 2 rings (SSSR count). The lowest BCUT2D eigenvalue weighted by Crippen LogP contribution is -2.26. The summed E-state index contributed by atoms with van der Waals surface area (Å²) in [5, 5.41) is 17.5. The highest BCUT2D eigenvalue weighted by Gasteiger charge is 2.22. The minimum absolute atomic E-state index is 0.200.